The van der Waals surface area contributed by atoms with Crippen molar-refractivity contribution < 1.29 is 13.9 Å². The normalized spacial score (nSPS) is 24.6. The number of benzene rings is 1. The van der Waals surface area contributed by atoms with E-state index in [0.29, 0.717) is 82.5 Å². The number of aromatic nitrogens is 4. The van der Waals surface area contributed by atoms with E-state index in [1.807, 2.05) is 4.57 Å². The number of ether oxygens (including phenoxy) is 1. The quantitative estimate of drug-likeness (QED) is 0.360. The van der Waals surface area contributed by atoms with Gasteiger partial charge in [-0.05, 0) is 44.2 Å². The van der Waals surface area contributed by atoms with Crippen LogP contribution in [0, 0.1) is 5.92 Å². The molecular weight excluding hydrogens is 532 g/mol. The molecule has 9 nitrogen and oxygen atoms in total. The molecule has 192 valence electrons. The minimum absolute atomic E-state index is 0.000922. The third-order valence-electron chi connectivity index (χ3n) is 6.71. The molecule has 0 unspecified atom stereocenters. The Morgan fingerprint density at radius 3 is 2.50 bits per heavy atom. The lowest BCUT2D eigenvalue weighted by Crippen LogP contribution is -2.32. The fraction of sp³-hybridized carbons (Fsp3) is 0.478. The number of nitrogens with zero attached hydrogens (tertiary/aromatic N) is 4. The molecule has 36 heavy (non-hydrogen) atoms. The standard InChI is InChI=1S/C23H25Cl3FN7O2/c24-12-7-15(25)19(16(26)8-12)32-23-31-17-10-29-22(30-13-5-6-36-18(27)9-13)33-21(17)34(23)14-3-1-11(2-4-14)20(28)35/h7-8,10-11,13-14,18H,1-6,9H2,(H2,28,35)(H,31,32)(H,29,30,33)/t11?,13-,14?,18+/m1/s1. The molecule has 0 radical (unpaired) electrons. The van der Waals surface area contributed by atoms with Crippen LogP contribution in [0.1, 0.15) is 44.6 Å². The first-order valence-electron chi connectivity index (χ1n) is 11.8. The predicted molar refractivity (Wildman–Crippen MR) is 138 cm³/mol. The van der Waals surface area contributed by atoms with Crippen LogP contribution in [-0.2, 0) is 9.53 Å². The number of nitrogens with one attached hydrogen (secondary N) is 2. The summed E-state index contributed by atoms with van der Waals surface area (Å²) in [7, 11) is 0. The van der Waals surface area contributed by atoms with Crippen molar-refractivity contribution in [3.05, 3.63) is 33.4 Å². The maximum absolute atomic E-state index is 13.7. The SMILES string of the molecule is NC(=O)C1CCC(n2c(Nc3c(Cl)cc(Cl)cc3Cl)nc3cnc(N[C@@H]4CCO[C@H](F)C4)nc32)CC1. The van der Waals surface area contributed by atoms with Crippen LogP contribution < -0.4 is 16.4 Å². The molecule has 2 fully saturated rings. The van der Waals surface area contributed by atoms with E-state index < -0.39 is 6.36 Å². The zero-order chi connectivity index (χ0) is 25.4. The van der Waals surface area contributed by atoms with E-state index in [4.69, 9.17) is 55.2 Å². The van der Waals surface area contributed by atoms with Gasteiger partial charge in [0.1, 0.15) is 5.52 Å². The van der Waals surface area contributed by atoms with Gasteiger partial charge in [0, 0.05) is 29.4 Å². The third-order valence-corrected chi connectivity index (χ3v) is 7.52. The second-order valence-electron chi connectivity index (χ2n) is 9.13. The molecule has 1 aromatic carbocycles. The van der Waals surface area contributed by atoms with Crippen molar-refractivity contribution in [1.29, 1.82) is 0 Å². The average Bonchev–Trinajstić information content (AvgIpc) is 3.18. The summed E-state index contributed by atoms with van der Waals surface area (Å²) in [6.07, 6.45) is 3.94. The van der Waals surface area contributed by atoms with Crippen LogP contribution in [0.2, 0.25) is 15.1 Å². The molecule has 1 aliphatic heterocycles. The van der Waals surface area contributed by atoms with Crippen LogP contribution in [0.15, 0.2) is 18.3 Å². The highest BCUT2D eigenvalue weighted by Gasteiger charge is 2.30. The number of hydrogen-bond donors (Lipinski definition) is 3. The van der Waals surface area contributed by atoms with E-state index in [1.54, 1.807) is 18.3 Å². The summed E-state index contributed by atoms with van der Waals surface area (Å²) in [6.45, 7) is 0.332. The van der Waals surface area contributed by atoms with Gasteiger partial charge < -0.3 is 21.1 Å². The van der Waals surface area contributed by atoms with E-state index in [9.17, 15) is 9.18 Å². The van der Waals surface area contributed by atoms with E-state index in [2.05, 4.69) is 15.6 Å². The lowest BCUT2D eigenvalue weighted by atomic mass is 9.85. The molecule has 0 spiro atoms. The molecule has 0 bridgehead atoms. The molecule has 1 amide bonds. The van der Waals surface area contributed by atoms with Gasteiger partial charge in [0.05, 0.1) is 28.5 Å². The van der Waals surface area contributed by atoms with Gasteiger partial charge in [-0.3, -0.25) is 9.36 Å². The number of hydrogen-bond acceptors (Lipinski definition) is 7. The molecule has 3 aromatic rings. The fourth-order valence-electron chi connectivity index (χ4n) is 4.85. The van der Waals surface area contributed by atoms with Gasteiger partial charge in [0.15, 0.2) is 5.65 Å². The smallest absolute Gasteiger partial charge is 0.224 e. The molecule has 2 aliphatic rings. The zero-order valence-electron chi connectivity index (χ0n) is 19.2. The van der Waals surface area contributed by atoms with Gasteiger partial charge in [0.25, 0.3) is 0 Å². The third kappa shape index (κ3) is 5.32. The Morgan fingerprint density at radius 2 is 1.83 bits per heavy atom. The van der Waals surface area contributed by atoms with Gasteiger partial charge in [-0.15, -0.1) is 0 Å². The van der Waals surface area contributed by atoms with Crippen LogP contribution >= 0.6 is 34.8 Å². The molecule has 3 heterocycles. The number of halogens is 4. The predicted octanol–water partition coefficient (Wildman–Crippen LogP) is 5.63. The molecular formula is C23H25Cl3FN7O2. The maximum atomic E-state index is 13.7. The number of alkyl halides is 1. The summed E-state index contributed by atoms with van der Waals surface area (Å²) in [6, 6.07) is 3.05. The Hall–Kier alpha value is -2.40. The number of carbonyl (C=O) groups is 1. The number of anilines is 3. The molecule has 1 saturated heterocycles. The number of amides is 1. The summed E-state index contributed by atoms with van der Waals surface area (Å²) in [5.74, 6) is 0.433. The van der Waals surface area contributed by atoms with Crippen LogP contribution in [0.5, 0.6) is 0 Å². The van der Waals surface area contributed by atoms with E-state index in [-0.39, 0.29) is 30.3 Å². The van der Waals surface area contributed by atoms with Crippen molar-refractivity contribution >= 4 is 69.5 Å². The van der Waals surface area contributed by atoms with Crippen LogP contribution in [-0.4, -0.2) is 44.4 Å². The summed E-state index contributed by atoms with van der Waals surface area (Å²) in [4.78, 5) is 25.6. The average molecular weight is 557 g/mol. The van der Waals surface area contributed by atoms with Gasteiger partial charge >= 0.3 is 0 Å². The van der Waals surface area contributed by atoms with Crippen molar-refractivity contribution in [3.8, 4) is 0 Å². The highest BCUT2D eigenvalue weighted by atomic mass is 35.5. The Kier molecular flexibility index (Phi) is 7.39. The summed E-state index contributed by atoms with van der Waals surface area (Å²) in [5.41, 5.74) is 7.17. The number of imidazole rings is 1. The Bertz CT molecular complexity index is 1260. The number of primary amides is 1. The van der Waals surface area contributed by atoms with E-state index >= 15 is 0 Å². The second-order valence-corrected chi connectivity index (χ2v) is 10.4. The minimum atomic E-state index is -1.31. The molecule has 2 atom stereocenters. The zero-order valence-corrected chi connectivity index (χ0v) is 21.5. The summed E-state index contributed by atoms with van der Waals surface area (Å²) >= 11 is 18.9. The first-order valence-corrected chi connectivity index (χ1v) is 12.9. The molecule has 1 aliphatic carbocycles. The van der Waals surface area contributed by atoms with Gasteiger partial charge in [-0.2, -0.15) is 4.98 Å². The van der Waals surface area contributed by atoms with Crippen LogP contribution in [0.25, 0.3) is 11.2 Å². The molecule has 1 saturated carbocycles. The summed E-state index contributed by atoms with van der Waals surface area (Å²) in [5, 5.41) is 7.57. The van der Waals surface area contributed by atoms with Crippen LogP contribution in [0.4, 0.5) is 22.0 Å². The lowest BCUT2D eigenvalue weighted by molar-refractivity contribution is -0.122. The van der Waals surface area contributed by atoms with Crippen molar-refractivity contribution in [1.82, 2.24) is 19.5 Å². The topological polar surface area (TPSA) is 120 Å². The van der Waals surface area contributed by atoms with Crippen molar-refractivity contribution in [3.63, 3.8) is 0 Å². The lowest BCUT2D eigenvalue weighted by Gasteiger charge is -2.29. The second kappa shape index (κ2) is 10.5. The maximum Gasteiger partial charge on any atom is 0.224 e. The Labute approximate surface area is 221 Å². The highest BCUT2D eigenvalue weighted by Crippen LogP contribution is 2.40. The first kappa shape index (κ1) is 25.3. The minimum Gasteiger partial charge on any atom is -0.369 e. The van der Waals surface area contributed by atoms with Gasteiger partial charge in [-0.1, -0.05) is 34.8 Å². The highest BCUT2D eigenvalue weighted by molar-refractivity contribution is 6.41. The number of carbonyl (C=O) groups excluding carboxylic acids is 1. The number of fused-ring (bicyclic) bond motifs is 1. The number of rotatable bonds is 6. The monoisotopic (exact) mass is 555 g/mol. The largest absolute Gasteiger partial charge is 0.369 e. The first-order chi connectivity index (χ1) is 17.3. The van der Waals surface area contributed by atoms with Crippen molar-refractivity contribution in [2.45, 2.75) is 57.0 Å². The van der Waals surface area contributed by atoms with Crippen LogP contribution in [0.3, 0.4) is 0 Å². The fourth-order valence-corrected chi connectivity index (χ4v) is 5.76. The summed E-state index contributed by atoms with van der Waals surface area (Å²) < 4.78 is 20.7. The van der Waals surface area contributed by atoms with E-state index in [1.165, 1.54) is 0 Å². The molecule has 2 aromatic heterocycles. The van der Waals surface area contributed by atoms with Crippen molar-refractivity contribution in [2.24, 2.45) is 11.7 Å². The Morgan fingerprint density at radius 1 is 1.11 bits per heavy atom. The van der Waals surface area contributed by atoms with Gasteiger partial charge in [0.2, 0.25) is 24.2 Å². The number of nitrogens with two attached hydrogens (primary N) is 1. The van der Waals surface area contributed by atoms with E-state index in [0.717, 1.165) is 0 Å². The van der Waals surface area contributed by atoms with Gasteiger partial charge in [-0.25, -0.2) is 14.4 Å². The molecule has 5 rings (SSSR count). The molecule has 13 heteroatoms. The molecule has 4 N–H and O–H groups in total. The van der Waals surface area contributed by atoms with Crippen molar-refractivity contribution in [2.75, 3.05) is 17.2 Å². The Balaban J connectivity index is 1.51.